The second-order valence-electron chi connectivity index (χ2n) is 5.38. The van der Waals surface area contributed by atoms with E-state index in [0.717, 1.165) is 24.1 Å². The molecular formula is C15H17NO2. The van der Waals surface area contributed by atoms with Gasteiger partial charge >= 0.3 is 0 Å². The number of fused-ring (bicyclic) bond motifs is 2. The van der Waals surface area contributed by atoms with Gasteiger partial charge in [-0.25, -0.2) is 0 Å². The molecule has 1 aromatic rings. The fourth-order valence-corrected chi connectivity index (χ4v) is 3.05. The third-order valence-electron chi connectivity index (χ3n) is 4.08. The fraction of sp³-hybridized carbons (Fsp3) is 0.400. The average Bonchev–Trinajstić information content (AvgIpc) is 2.96. The van der Waals surface area contributed by atoms with Crippen LogP contribution in [0.25, 0.3) is 0 Å². The topological polar surface area (TPSA) is 49.3 Å². The maximum Gasteiger partial charge on any atom is 0.228 e. The van der Waals surface area contributed by atoms with Crippen LogP contribution in [0, 0.1) is 24.7 Å². The molecule has 0 aliphatic heterocycles. The predicted molar refractivity (Wildman–Crippen MR) is 70.3 cm³/mol. The van der Waals surface area contributed by atoms with Crippen molar-refractivity contribution in [3.8, 4) is 5.75 Å². The number of benzene rings is 1. The molecule has 3 rings (SSSR count). The van der Waals surface area contributed by atoms with Crippen molar-refractivity contribution in [3.05, 3.63) is 35.9 Å². The molecule has 3 heteroatoms. The maximum absolute atomic E-state index is 12.2. The van der Waals surface area contributed by atoms with Crippen molar-refractivity contribution >= 4 is 11.6 Å². The van der Waals surface area contributed by atoms with E-state index in [1.165, 1.54) is 0 Å². The van der Waals surface area contributed by atoms with E-state index in [1.54, 1.807) is 18.2 Å². The molecule has 1 aromatic carbocycles. The Morgan fingerprint density at radius 3 is 2.78 bits per heavy atom. The molecule has 3 atom stereocenters. The van der Waals surface area contributed by atoms with Gasteiger partial charge in [0, 0.05) is 11.6 Å². The number of rotatable bonds is 2. The van der Waals surface area contributed by atoms with Gasteiger partial charge < -0.3 is 10.4 Å². The summed E-state index contributed by atoms with van der Waals surface area (Å²) in [6.45, 7) is 1.82. The molecule has 3 unspecified atom stereocenters. The number of aromatic hydroxyl groups is 1. The van der Waals surface area contributed by atoms with Crippen molar-refractivity contribution in [3.63, 3.8) is 0 Å². The van der Waals surface area contributed by atoms with Gasteiger partial charge in [0.25, 0.3) is 0 Å². The number of aryl methyl sites for hydroxylation is 1. The van der Waals surface area contributed by atoms with Crippen molar-refractivity contribution in [2.75, 3.05) is 5.32 Å². The van der Waals surface area contributed by atoms with Gasteiger partial charge in [-0.05, 0) is 55.4 Å². The molecule has 0 radical (unpaired) electrons. The molecule has 2 aliphatic carbocycles. The molecule has 2 N–H and O–H groups in total. The molecule has 0 spiro atoms. The third kappa shape index (κ3) is 1.90. The van der Waals surface area contributed by atoms with Crippen molar-refractivity contribution in [1.82, 2.24) is 0 Å². The molecule has 1 amide bonds. The number of allylic oxidation sites excluding steroid dienone is 2. The Kier molecular flexibility index (Phi) is 2.62. The van der Waals surface area contributed by atoms with E-state index in [2.05, 4.69) is 17.5 Å². The lowest BCUT2D eigenvalue weighted by atomic mass is 9.93. The smallest absolute Gasteiger partial charge is 0.228 e. The molecule has 1 fully saturated rings. The minimum atomic E-state index is 0.108. The molecule has 3 nitrogen and oxygen atoms in total. The fourth-order valence-electron chi connectivity index (χ4n) is 3.05. The van der Waals surface area contributed by atoms with Crippen LogP contribution in [0.1, 0.15) is 18.4 Å². The Bertz CT molecular complexity index is 521. The summed E-state index contributed by atoms with van der Waals surface area (Å²) in [7, 11) is 0. The minimum Gasteiger partial charge on any atom is -0.508 e. The van der Waals surface area contributed by atoms with Crippen LogP contribution >= 0.6 is 0 Å². The van der Waals surface area contributed by atoms with Crippen LogP contribution in [0.4, 0.5) is 5.69 Å². The summed E-state index contributed by atoms with van der Waals surface area (Å²) in [5.41, 5.74) is 1.54. The number of nitrogens with one attached hydrogen (secondary N) is 1. The van der Waals surface area contributed by atoms with E-state index in [4.69, 9.17) is 0 Å². The van der Waals surface area contributed by atoms with Crippen molar-refractivity contribution in [1.29, 1.82) is 0 Å². The van der Waals surface area contributed by atoms with Crippen LogP contribution in [0.3, 0.4) is 0 Å². The number of hydrogen-bond acceptors (Lipinski definition) is 2. The number of phenols is 1. The normalized spacial score (nSPS) is 28.6. The van der Waals surface area contributed by atoms with Crippen LogP contribution in [0.2, 0.25) is 0 Å². The molecule has 0 saturated heterocycles. The van der Waals surface area contributed by atoms with Crippen LogP contribution in [0.15, 0.2) is 30.4 Å². The summed E-state index contributed by atoms with van der Waals surface area (Å²) in [6.07, 6.45) is 6.52. The quantitative estimate of drug-likeness (QED) is 0.620. The van der Waals surface area contributed by atoms with Crippen LogP contribution in [-0.2, 0) is 4.79 Å². The van der Waals surface area contributed by atoms with Gasteiger partial charge in [-0.15, -0.1) is 0 Å². The van der Waals surface area contributed by atoms with Crippen LogP contribution in [-0.4, -0.2) is 11.0 Å². The lowest BCUT2D eigenvalue weighted by molar-refractivity contribution is -0.120. The van der Waals surface area contributed by atoms with E-state index in [0.29, 0.717) is 11.8 Å². The first kappa shape index (κ1) is 11.3. The largest absolute Gasteiger partial charge is 0.508 e. The first-order valence-electron chi connectivity index (χ1n) is 6.42. The molecule has 1 saturated carbocycles. The summed E-state index contributed by atoms with van der Waals surface area (Å²) in [4.78, 5) is 12.2. The van der Waals surface area contributed by atoms with Crippen molar-refractivity contribution < 1.29 is 9.90 Å². The van der Waals surface area contributed by atoms with E-state index in [1.807, 2.05) is 6.92 Å². The van der Waals surface area contributed by atoms with Gasteiger partial charge in [-0.2, -0.15) is 0 Å². The maximum atomic E-state index is 12.2. The zero-order valence-corrected chi connectivity index (χ0v) is 10.4. The lowest BCUT2D eigenvalue weighted by Crippen LogP contribution is -2.25. The highest BCUT2D eigenvalue weighted by atomic mass is 16.3. The van der Waals surface area contributed by atoms with E-state index < -0.39 is 0 Å². The summed E-state index contributed by atoms with van der Waals surface area (Å²) in [5.74, 6) is 1.52. The molecule has 0 heterocycles. The van der Waals surface area contributed by atoms with Gasteiger partial charge in [0.05, 0.1) is 0 Å². The summed E-state index contributed by atoms with van der Waals surface area (Å²) in [6, 6.07) is 5.16. The molecular weight excluding hydrogens is 226 g/mol. The Balaban J connectivity index is 1.71. The molecule has 2 bridgehead atoms. The van der Waals surface area contributed by atoms with Gasteiger partial charge in [0.1, 0.15) is 5.75 Å². The van der Waals surface area contributed by atoms with Crippen LogP contribution in [0.5, 0.6) is 5.75 Å². The first-order chi connectivity index (χ1) is 8.63. The minimum absolute atomic E-state index is 0.108. The Morgan fingerprint density at radius 2 is 2.17 bits per heavy atom. The van der Waals surface area contributed by atoms with Gasteiger partial charge in [-0.3, -0.25) is 4.79 Å². The monoisotopic (exact) mass is 243 g/mol. The third-order valence-corrected chi connectivity index (χ3v) is 4.08. The Morgan fingerprint density at radius 1 is 1.33 bits per heavy atom. The van der Waals surface area contributed by atoms with E-state index in [-0.39, 0.29) is 17.6 Å². The number of amides is 1. The lowest BCUT2D eigenvalue weighted by Gasteiger charge is -2.17. The van der Waals surface area contributed by atoms with Gasteiger partial charge in [0.2, 0.25) is 5.91 Å². The predicted octanol–water partition coefficient (Wildman–Crippen LogP) is 2.85. The SMILES string of the molecule is Cc1cc(NC(=O)C2CC3C=CC2C3)ccc1O. The summed E-state index contributed by atoms with van der Waals surface area (Å²) < 4.78 is 0. The highest BCUT2D eigenvalue weighted by Gasteiger charge is 2.39. The summed E-state index contributed by atoms with van der Waals surface area (Å²) >= 11 is 0. The average molecular weight is 243 g/mol. The zero-order valence-electron chi connectivity index (χ0n) is 10.4. The molecule has 94 valence electrons. The highest BCUT2D eigenvalue weighted by Crippen LogP contribution is 2.43. The molecule has 0 aromatic heterocycles. The number of carbonyl (C=O) groups excluding carboxylic acids is 1. The second-order valence-corrected chi connectivity index (χ2v) is 5.38. The van der Waals surface area contributed by atoms with Gasteiger partial charge in [-0.1, -0.05) is 12.2 Å². The standard InChI is InChI=1S/C15H17NO2/c1-9-6-12(4-5-14(9)17)16-15(18)13-8-10-2-3-11(13)7-10/h2-6,10-11,13,17H,7-8H2,1H3,(H,16,18). The number of carbonyl (C=O) groups is 1. The Hall–Kier alpha value is -1.77. The first-order valence-corrected chi connectivity index (χ1v) is 6.42. The summed E-state index contributed by atoms with van der Waals surface area (Å²) in [5, 5.41) is 12.4. The molecule has 2 aliphatic rings. The highest BCUT2D eigenvalue weighted by molar-refractivity contribution is 5.93. The van der Waals surface area contributed by atoms with E-state index >= 15 is 0 Å². The second kappa shape index (κ2) is 4.16. The van der Waals surface area contributed by atoms with Crippen molar-refractivity contribution in [2.24, 2.45) is 17.8 Å². The number of anilines is 1. The number of phenolic OH excluding ortho intramolecular Hbond substituents is 1. The zero-order chi connectivity index (χ0) is 12.7. The van der Waals surface area contributed by atoms with Crippen LogP contribution < -0.4 is 5.32 Å². The number of hydrogen-bond donors (Lipinski definition) is 2. The van der Waals surface area contributed by atoms with Gasteiger partial charge in [0.15, 0.2) is 0 Å². The van der Waals surface area contributed by atoms with Crippen molar-refractivity contribution in [2.45, 2.75) is 19.8 Å². The Labute approximate surface area is 107 Å². The van der Waals surface area contributed by atoms with E-state index in [9.17, 15) is 9.90 Å². The molecule has 18 heavy (non-hydrogen) atoms.